The summed E-state index contributed by atoms with van der Waals surface area (Å²) in [5, 5.41) is 13.5. The van der Waals surface area contributed by atoms with Crippen LogP contribution in [-0.2, 0) is 24.7 Å². The largest absolute Gasteiger partial charge is 0.464 e. The molecule has 0 aliphatic carbocycles. The molecule has 2 amide bonds. The third-order valence-corrected chi connectivity index (χ3v) is 4.13. The Labute approximate surface area is 158 Å². The van der Waals surface area contributed by atoms with Gasteiger partial charge in [0.05, 0.1) is 12.3 Å². The summed E-state index contributed by atoms with van der Waals surface area (Å²) >= 11 is 0. The van der Waals surface area contributed by atoms with E-state index >= 15 is 0 Å². The molecule has 8 nitrogen and oxygen atoms in total. The molecule has 2 unspecified atom stereocenters. The van der Waals surface area contributed by atoms with Gasteiger partial charge in [0, 0.05) is 19.0 Å². The quantitative estimate of drug-likeness (QED) is 0.756. The van der Waals surface area contributed by atoms with Gasteiger partial charge >= 0.3 is 12.1 Å². The molecule has 1 aromatic carbocycles. The molecule has 0 saturated heterocycles. The molecule has 2 N–H and O–H groups in total. The summed E-state index contributed by atoms with van der Waals surface area (Å²) in [7, 11) is 1.54. The second-order valence-electron chi connectivity index (χ2n) is 7.40. The smallest absolute Gasteiger partial charge is 0.408 e. The number of anilines is 1. The average Bonchev–Trinajstić information content (AvgIpc) is 2.75. The molecule has 1 aromatic rings. The van der Waals surface area contributed by atoms with Gasteiger partial charge in [-0.1, -0.05) is 18.2 Å². The second kappa shape index (κ2) is 7.56. The Balaban J connectivity index is 2.30. The van der Waals surface area contributed by atoms with Crippen molar-refractivity contribution in [2.24, 2.45) is 0 Å². The zero-order valence-electron chi connectivity index (χ0n) is 16.2. The zero-order valence-corrected chi connectivity index (χ0v) is 16.2. The van der Waals surface area contributed by atoms with E-state index in [0.717, 1.165) is 0 Å². The van der Waals surface area contributed by atoms with Crippen LogP contribution in [0.4, 0.5) is 10.5 Å². The van der Waals surface area contributed by atoms with E-state index in [2.05, 4.69) is 5.32 Å². The molecule has 27 heavy (non-hydrogen) atoms. The Morgan fingerprint density at radius 3 is 2.52 bits per heavy atom. The molecule has 1 aliphatic heterocycles. The number of carbonyl (C=O) groups is 3. The fraction of sp³-hybridized carbons (Fsp3) is 0.526. The standard InChI is InChI=1S/C19H26N2O6/c1-6-26-15(22)13(20-17(24)27-18(2,3)4)11-19(25)12-9-7-8-10-14(12)21(5)16(19)23/h7-10,13,25H,6,11H2,1-5H3,(H,20,24). The molecule has 148 valence electrons. The van der Waals surface area contributed by atoms with Crippen LogP contribution < -0.4 is 10.2 Å². The lowest BCUT2D eigenvalue weighted by Gasteiger charge is -2.28. The molecule has 1 aliphatic rings. The van der Waals surface area contributed by atoms with Gasteiger partial charge in [0.25, 0.3) is 5.91 Å². The van der Waals surface area contributed by atoms with Gasteiger partial charge in [0.1, 0.15) is 11.6 Å². The van der Waals surface area contributed by atoms with Gasteiger partial charge < -0.3 is 24.8 Å². The number of alkyl carbamates (subject to hydrolysis) is 1. The third-order valence-electron chi connectivity index (χ3n) is 4.13. The summed E-state index contributed by atoms with van der Waals surface area (Å²) in [5.41, 5.74) is -1.81. The average molecular weight is 378 g/mol. The molecule has 0 aromatic heterocycles. The van der Waals surface area contributed by atoms with Crippen LogP contribution in [0.2, 0.25) is 0 Å². The number of carbonyl (C=O) groups excluding carboxylic acids is 3. The van der Waals surface area contributed by atoms with Crippen LogP contribution in [0.3, 0.4) is 0 Å². The van der Waals surface area contributed by atoms with Gasteiger partial charge in [-0.2, -0.15) is 0 Å². The molecule has 0 radical (unpaired) electrons. The van der Waals surface area contributed by atoms with Crippen molar-refractivity contribution in [1.29, 1.82) is 0 Å². The summed E-state index contributed by atoms with van der Waals surface area (Å²) in [4.78, 5) is 38.5. The van der Waals surface area contributed by atoms with E-state index in [1.807, 2.05) is 0 Å². The van der Waals surface area contributed by atoms with Crippen molar-refractivity contribution in [2.45, 2.75) is 51.4 Å². The minimum atomic E-state index is -1.96. The van der Waals surface area contributed by atoms with Crippen LogP contribution >= 0.6 is 0 Å². The number of nitrogens with one attached hydrogen (secondary N) is 1. The fourth-order valence-corrected chi connectivity index (χ4v) is 3.00. The molecular formula is C19H26N2O6. The van der Waals surface area contributed by atoms with Gasteiger partial charge in [-0.15, -0.1) is 0 Å². The number of fused-ring (bicyclic) bond motifs is 1. The van der Waals surface area contributed by atoms with Crippen LogP contribution in [0.25, 0.3) is 0 Å². The first-order chi connectivity index (χ1) is 12.5. The predicted molar refractivity (Wildman–Crippen MR) is 98.2 cm³/mol. The number of aliphatic hydroxyl groups is 1. The number of amides is 2. The number of hydrogen-bond donors (Lipinski definition) is 2. The Morgan fingerprint density at radius 1 is 1.30 bits per heavy atom. The lowest BCUT2D eigenvalue weighted by Crippen LogP contribution is -2.50. The summed E-state index contributed by atoms with van der Waals surface area (Å²) < 4.78 is 10.2. The van der Waals surface area contributed by atoms with Crippen molar-refractivity contribution in [1.82, 2.24) is 5.32 Å². The lowest BCUT2D eigenvalue weighted by molar-refractivity contribution is -0.149. The first-order valence-electron chi connectivity index (χ1n) is 8.76. The van der Waals surface area contributed by atoms with E-state index in [0.29, 0.717) is 11.3 Å². The van der Waals surface area contributed by atoms with Gasteiger partial charge in [-0.25, -0.2) is 9.59 Å². The van der Waals surface area contributed by atoms with Gasteiger partial charge in [0.2, 0.25) is 0 Å². The van der Waals surface area contributed by atoms with Crippen molar-refractivity contribution < 1.29 is 29.0 Å². The highest BCUT2D eigenvalue weighted by Crippen LogP contribution is 2.42. The van der Waals surface area contributed by atoms with E-state index in [1.54, 1.807) is 59.0 Å². The molecule has 0 bridgehead atoms. The monoisotopic (exact) mass is 378 g/mol. The van der Waals surface area contributed by atoms with E-state index in [4.69, 9.17) is 9.47 Å². The van der Waals surface area contributed by atoms with Gasteiger partial charge in [-0.05, 0) is 33.8 Å². The van der Waals surface area contributed by atoms with E-state index in [-0.39, 0.29) is 13.0 Å². The summed E-state index contributed by atoms with van der Waals surface area (Å²) in [5.74, 6) is -1.33. The number of benzene rings is 1. The van der Waals surface area contributed by atoms with Crippen LogP contribution in [0, 0.1) is 0 Å². The minimum Gasteiger partial charge on any atom is -0.464 e. The molecule has 0 fully saturated rings. The highest BCUT2D eigenvalue weighted by Gasteiger charge is 2.51. The number of esters is 1. The minimum absolute atomic E-state index is 0.0915. The summed E-state index contributed by atoms with van der Waals surface area (Å²) in [6.45, 7) is 6.77. The Bertz CT molecular complexity index is 742. The van der Waals surface area contributed by atoms with E-state index < -0.39 is 35.2 Å². The predicted octanol–water partition coefficient (Wildman–Crippen LogP) is 1.70. The van der Waals surface area contributed by atoms with Crippen LogP contribution in [0.15, 0.2) is 24.3 Å². The van der Waals surface area contributed by atoms with Crippen molar-refractivity contribution in [3.8, 4) is 0 Å². The highest BCUT2D eigenvalue weighted by molar-refractivity contribution is 6.06. The Kier molecular flexibility index (Phi) is 5.79. The topological polar surface area (TPSA) is 105 Å². The number of para-hydroxylation sites is 1. The number of hydrogen-bond acceptors (Lipinski definition) is 6. The Morgan fingerprint density at radius 2 is 1.93 bits per heavy atom. The van der Waals surface area contributed by atoms with Crippen molar-refractivity contribution in [3.63, 3.8) is 0 Å². The van der Waals surface area contributed by atoms with Crippen molar-refractivity contribution in [2.75, 3.05) is 18.6 Å². The van der Waals surface area contributed by atoms with Crippen molar-refractivity contribution >= 4 is 23.7 Å². The van der Waals surface area contributed by atoms with Gasteiger partial charge in [0.15, 0.2) is 5.60 Å². The molecule has 1 heterocycles. The van der Waals surface area contributed by atoms with E-state index in [1.165, 1.54) is 4.90 Å². The van der Waals surface area contributed by atoms with Crippen LogP contribution in [0.5, 0.6) is 0 Å². The summed E-state index contributed by atoms with van der Waals surface area (Å²) in [6.07, 6.45) is -1.21. The van der Waals surface area contributed by atoms with Crippen molar-refractivity contribution in [3.05, 3.63) is 29.8 Å². The maximum atomic E-state index is 12.7. The zero-order chi connectivity index (χ0) is 20.4. The first kappa shape index (κ1) is 20.7. The summed E-state index contributed by atoms with van der Waals surface area (Å²) in [6, 6.07) is 5.50. The molecule has 2 atom stereocenters. The highest BCUT2D eigenvalue weighted by atomic mass is 16.6. The van der Waals surface area contributed by atoms with Crippen LogP contribution in [0.1, 0.15) is 39.7 Å². The number of ether oxygens (including phenoxy) is 2. The molecule has 8 heteroatoms. The number of likely N-dealkylation sites (N-methyl/N-ethyl adjacent to an activating group) is 1. The van der Waals surface area contributed by atoms with Crippen LogP contribution in [-0.4, -0.2) is 48.4 Å². The maximum absolute atomic E-state index is 12.7. The molecular weight excluding hydrogens is 352 g/mol. The SMILES string of the molecule is CCOC(=O)C(CC1(O)C(=O)N(C)c2ccccc21)NC(=O)OC(C)(C)C. The molecule has 0 saturated carbocycles. The normalized spacial score (nSPS) is 20.1. The van der Waals surface area contributed by atoms with Gasteiger partial charge in [-0.3, -0.25) is 4.79 Å². The molecule has 0 spiro atoms. The second-order valence-corrected chi connectivity index (χ2v) is 7.40. The number of nitrogens with zero attached hydrogens (tertiary/aromatic N) is 1. The lowest BCUT2D eigenvalue weighted by atomic mass is 9.88. The third kappa shape index (κ3) is 4.39. The number of rotatable bonds is 5. The van der Waals surface area contributed by atoms with E-state index in [9.17, 15) is 19.5 Å². The fourth-order valence-electron chi connectivity index (χ4n) is 3.00. The Hall–Kier alpha value is -2.61. The first-order valence-corrected chi connectivity index (χ1v) is 8.76. The maximum Gasteiger partial charge on any atom is 0.408 e. The molecule has 2 rings (SSSR count).